The molecule has 1 atom stereocenters. The number of amides is 2. The molecule has 0 saturated heterocycles. The normalized spacial score (nSPS) is 16.1. The van der Waals surface area contributed by atoms with E-state index in [2.05, 4.69) is 15.9 Å². The van der Waals surface area contributed by atoms with Crippen molar-refractivity contribution in [1.29, 1.82) is 0 Å². The van der Waals surface area contributed by atoms with Crippen molar-refractivity contribution in [1.82, 2.24) is 4.90 Å². The zero-order valence-corrected chi connectivity index (χ0v) is 13.6. The van der Waals surface area contributed by atoms with Gasteiger partial charge in [-0.15, -0.1) is 0 Å². The zero-order chi connectivity index (χ0) is 15.9. The van der Waals surface area contributed by atoms with Crippen molar-refractivity contribution in [2.24, 2.45) is 5.41 Å². The van der Waals surface area contributed by atoms with Crippen molar-refractivity contribution in [3.63, 3.8) is 0 Å². The van der Waals surface area contributed by atoms with Crippen molar-refractivity contribution in [2.75, 3.05) is 0 Å². The molecule has 2 amide bonds. The number of fused-ring (bicyclic) bond motifs is 1. The van der Waals surface area contributed by atoms with Gasteiger partial charge in [0.25, 0.3) is 11.8 Å². The first-order valence-electron chi connectivity index (χ1n) is 6.52. The van der Waals surface area contributed by atoms with E-state index < -0.39 is 29.2 Å². The fourth-order valence-electron chi connectivity index (χ4n) is 2.46. The van der Waals surface area contributed by atoms with E-state index in [1.807, 2.05) is 20.8 Å². The van der Waals surface area contributed by atoms with E-state index in [0.717, 1.165) is 4.90 Å². The summed E-state index contributed by atoms with van der Waals surface area (Å²) in [7, 11) is 0. The van der Waals surface area contributed by atoms with Crippen molar-refractivity contribution in [3.05, 3.63) is 33.8 Å². The molecular formula is C15H16BrNO4. The summed E-state index contributed by atoms with van der Waals surface area (Å²) in [6.45, 7) is 5.46. The van der Waals surface area contributed by atoms with Gasteiger partial charge in [0.05, 0.1) is 23.6 Å². The number of halogens is 1. The van der Waals surface area contributed by atoms with Crippen molar-refractivity contribution < 1.29 is 19.5 Å². The van der Waals surface area contributed by atoms with Crippen LogP contribution in [0.4, 0.5) is 0 Å². The molecule has 6 heteroatoms. The van der Waals surface area contributed by atoms with Gasteiger partial charge in [0.2, 0.25) is 0 Å². The highest BCUT2D eigenvalue weighted by molar-refractivity contribution is 9.10. The molecule has 21 heavy (non-hydrogen) atoms. The van der Waals surface area contributed by atoms with E-state index in [0.29, 0.717) is 15.6 Å². The summed E-state index contributed by atoms with van der Waals surface area (Å²) in [5, 5.41) is 9.08. The molecule has 1 heterocycles. The molecule has 5 nitrogen and oxygen atoms in total. The summed E-state index contributed by atoms with van der Waals surface area (Å²) in [6.07, 6.45) is -0.268. The Morgan fingerprint density at radius 1 is 1.24 bits per heavy atom. The van der Waals surface area contributed by atoms with Gasteiger partial charge in [0.15, 0.2) is 0 Å². The van der Waals surface area contributed by atoms with Gasteiger partial charge < -0.3 is 5.11 Å². The minimum absolute atomic E-state index is 0.268. The van der Waals surface area contributed by atoms with Crippen molar-refractivity contribution >= 4 is 33.7 Å². The predicted molar refractivity (Wildman–Crippen MR) is 80.1 cm³/mol. The first-order chi connectivity index (χ1) is 9.62. The number of carboxylic acids is 1. The van der Waals surface area contributed by atoms with Crippen LogP contribution in [0.15, 0.2) is 22.7 Å². The van der Waals surface area contributed by atoms with Crippen LogP contribution in [0.1, 0.15) is 47.9 Å². The minimum Gasteiger partial charge on any atom is -0.481 e. The van der Waals surface area contributed by atoms with Gasteiger partial charge in [-0.2, -0.15) is 0 Å². The highest BCUT2D eigenvalue weighted by atomic mass is 79.9. The number of hydrogen-bond donors (Lipinski definition) is 1. The Morgan fingerprint density at radius 2 is 1.81 bits per heavy atom. The molecule has 1 N–H and O–H groups in total. The molecule has 0 radical (unpaired) electrons. The molecule has 1 aliphatic rings. The average Bonchev–Trinajstić information content (AvgIpc) is 2.57. The second-order valence-corrected chi connectivity index (χ2v) is 7.07. The SMILES string of the molecule is CC(C)(C)C(CC(=O)O)N1C(=O)c2ccc(Br)cc2C1=O. The van der Waals surface area contributed by atoms with E-state index in [1.54, 1.807) is 18.2 Å². The van der Waals surface area contributed by atoms with E-state index in [-0.39, 0.29) is 6.42 Å². The lowest BCUT2D eigenvalue weighted by Crippen LogP contribution is -2.48. The number of nitrogens with zero attached hydrogens (tertiary/aromatic N) is 1. The minimum atomic E-state index is -1.03. The molecule has 0 spiro atoms. The number of benzene rings is 1. The van der Waals surface area contributed by atoms with E-state index in [9.17, 15) is 14.4 Å². The standard InChI is InChI=1S/C15H16BrNO4/c1-15(2,3)11(7-12(18)19)17-13(20)9-5-4-8(16)6-10(9)14(17)21/h4-6,11H,7H2,1-3H3,(H,18,19). The molecular weight excluding hydrogens is 338 g/mol. The number of imide groups is 1. The molecule has 0 aromatic heterocycles. The third-order valence-electron chi connectivity index (χ3n) is 3.56. The van der Waals surface area contributed by atoms with Gasteiger partial charge in [-0.05, 0) is 23.6 Å². The molecule has 0 saturated carbocycles. The van der Waals surface area contributed by atoms with E-state index >= 15 is 0 Å². The Kier molecular flexibility index (Phi) is 3.93. The fraction of sp³-hybridized carbons (Fsp3) is 0.400. The number of aliphatic carboxylic acids is 1. The first-order valence-corrected chi connectivity index (χ1v) is 7.31. The molecule has 0 bridgehead atoms. The summed E-state index contributed by atoms with van der Waals surface area (Å²) in [5.74, 6) is -1.89. The maximum atomic E-state index is 12.5. The Bertz CT molecular complexity index is 633. The summed E-state index contributed by atoms with van der Waals surface area (Å²) in [4.78, 5) is 37.2. The van der Waals surface area contributed by atoms with Gasteiger partial charge in [0.1, 0.15) is 0 Å². The Balaban J connectivity index is 2.47. The van der Waals surface area contributed by atoms with Crippen LogP contribution < -0.4 is 0 Å². The lowest BCUT2D eigenvalue weighted by Gasteiger charge is -2.35. The Labute approximate surface area is 131 Å². The summed E-state index contributed by atoms with van der Waals surface area (Å²) in [6, 6.07) is 4.17. The van der Waals surface area contributed by atoms with Crippen molar-refractivity contribution in [2.45, 2.75) is 33.2 Å². The van der Waals surface area contributed by atoms with Gasteiger partial charge >= 0.3 is 5.97 Å². The monoisotopic (exact) mass is 353 g/mol. The molecule has 112 valence electrons. The highest BCUT2D eigenvalue weighted by Crippen LogP contribution is 2.34. The maximum Gasteiger partial charge on any atom is 0.305 e. The lowest BCUT2D eigenvalue weighted by molar-refractivity contribution is -0.138. The maximum absolute atomic E-state index is 12.5. The highest BCUT2D eigenvalue weighted by Gasteiger charge is 2.44. The number of rotatable bonds is 3. The van der Waals surface area contributed by atoms with Crippen LogP contribution in [0.25, 0.3) is 0 Å². The average molecular weight is 354 g/mol. The van der Waals surface area contributed by atoms with Gasteiger partial charge in [-0.25, -0.2) is 0 Å². The summed E-state index contributed by atoms with van der Waals surface area (Å²) in [5.41, 5.74) is 0.111. The number of carbonyl (C=O) groups excluding carboxylic acids is 2. The lowest BCUT2D eigenvalue weighted by atomic mass is 9.83. The Hall–Kier alpha value is -1.69. The van der Waals surface area contributed by atoms with Gasteiger partial charge in [-0.3, -0.25) is 19.3 Å². The van der Waals surface area contributed by atoms with Crippen LogP contribution >= 0.6 is 15.9 Å². The smallest absolute Gasteiger partial charge is 0.305 e. The summed E-state index contributed by atoms with van der Waals surface area (Å²) >= 11 is 3.27. The molecule has 0 aliphatic carbocycles. The van der Waals surface area contributed by atoms with Gasteiger partial charge in [-0.1, -0.05) is 36.7 Å². The first kappa shape index (κ1) is 15.7. The quantitative estimate of drug-likeness (QED) is 0.847. The van der Waals surface area contributed by atoms with Crippen LogP contribution in [0.2, 0.25) is 0 Å². The second kappa shape index (κ2) is 5.26. The predicted octanol–water partition coefficient (Wildman–Crippen LogP) is 2.93. The van der Waals surface area contributed by atoms with Gasteiger partial charge in [0, 0.05) is 4.47 Å². The second-order valence-electron chi connectivity index (χ2n) is 6.15. The Morgan fingerprint density at radius 3 is 2.33 bits per heavy atom. The van der Waals surface area contributed by atoms with Crippen LogP contribution in [0, 0.1) is 5.41 Å². The van der Waals surface area contributed by atoms with Crippen LogP contribution in [-0.4, -0.2) is 33.8 Å². The van der Waals surface area contributed by atoms with E-state index in [4.69, 9.17) is 5.11 Å². The number of carbonyl (C=O) groups is 3. The number of carboxylic acid groups (broad SMARTS) is 1. The molecule has 1 aromatic rings. The van der Waals surface area contributed by atoms with E-state index in [1.165, 1.54) is 0 Å². The van der Waals surface area contributed by atoms with Crippen LogP contribution in [0.5, 0.6) is 0 Å². The fourth-order valence-corrected chi connectivity index (χ4v) is 2.83. The zero-order valence-electron chi connectivity index (χ0n) is 12.0. The van der Waals surface area contributed by atoms with Crippen LogP contribution in [0.3, 0.4) is 0 Å². The molecule has 2 rings (SSSR count). The van der Waals surface area contributed by atoms with Crippen LogP contribution in [-0.2, 0) is 4.79 Å². The third kappa shape index (κ3) is 2.85. The molecule has 1 unspecified atom stereocenters. The molecule has 1 aromatic carbocycles. The topological polar surface area (TPSA) is 74.7 Å². The largest absolute Gasteiger partial charge is 0.481 e. The third-order valence-corrected chi connectivity index (χ3v) is 4.05. The molecule has 1 aliphatic heterocycles. The summed E-state index contributed by atoms with van der Waals surface area (Å²) < 4.78 is 0.704. The number of hydrogen-bond acceptors (Lipinski definition) is 3. The molecule has 0 fully saturated rings. The van der Waals surface area contributed by atoms with Crippen molar-refractivity contribution in [3.8, 4) is 0 Å².